The maximum absolute atomic E-state index is 5.60. The van der Waals surface area contributed by atoms with Crippen LogP contribution < -0.4 is 10.1 Å². The summed E-state index contributed by atoms with van der Waals surface area (Å²) in [6.07, 6.45) is 3.48. The minimum absolute atomic E-state index is 0.387. The molecule has 1 N–H and O–H groups in total. The minimum Gasteiger partial charge on any atom is -0.494 e. The molecule has 0 aromatic heterocycles. The Bertz CT molecular complexity index is 371. The van der Waals surface area contributed by atoms with Gasteiger partial charge in [-0.05, 0) is 56.3 Å². The molecule has 3 heteroatoms. The molecule has 2 atom stereocenters. The average molecular weight is 277 g/mol. The summed E-state index contributed by atoms with van der Waals surface area (Å²) in [5.41, 5.74) is 1.32. The van der Waals surface area contributed by atoms with E-state index in [1.165, 1.54) is 18.4 Å². The van der Waals surface area contributed by atoms with Gasteiger partial charge >= 0.3 is 0 Å². The quantitative estimate of drug-likeness (QED) is 0.788. The Kier molecular flexibility index (Phi) is 6.34. The van der Waals surface area contributed by atoms with E-state index in [-0.39, 0.29) is 0 Å². The second-order valence-electron chi connectivity index (χ2n) is 5.61. The summed E-state index contributed by atoms with van der Waals surface area (Å²) in [6, 6.07) is 8.82. The van der Waals surface area contributed by atoms with Crippen LogP contribution in [0.25, 0.3) is 0 Å². The third-order valence-electron chi connectivity index (χ3n) is 3.88. The Morgan fingerprint density at radius 1 is 1.35 bits per heavy atom. The highest BCUT2D eigenvalue weighted by Crippen LogP contribution is 2.19. The Balaban J connectivity index is 1.72. The van der Waals surface area contributed by atoms with Crippen molar-refractivity contribution in [1.82, 2.24) is 5.32 Å². The van der Waals surface area contributed by atoms with E-state index in [0.29, 0.717) is 6.04 Å². The molecule has 0 saturated carbocycles. The Morgan fingerprint density at radius 2 is 2.15 bits per heavy atom. The molecular weight excluding hydrogens is 250 g/mol. The van der Waals surface area contributed by atoms with Crippen molar-refractivity contribution < 1.29 is 9.47 Å². The summed E-state index contributed by atoms with van der Waals surface area (Å²) in [6.45, 7) is 8.07. The molecule has 1 aromatic rings. The average Bonchev–Trinajstić information content (AvgIpc) is 2.99. The lowest BCUT2D eigenvalue weighted by Gasteiger charge is -2.16. The van der Waals surface area contributed by atoms with Gasteiger partial charge in [0, 0.05) is 19.3 Å². The van der Waals surface area contributed by atoms with Crippen LogP contribution in [0.2, 0.25) is 0 Å². The molecule has 1 fully saturated rings. The monoisotopic (exact) mass is 277 g/mol. The van der Waals surface area contributed by atoms with E-state index in [2.05, 4.69) is 43.4 Å². The first-order valence-electron chi connectivity index (χ1n) is 7.83. The van der Waals surface area contributed by atoms with Crippen molar-refractivity contribution in [2.45, 2.75) is 39.2 Å². The van der Waals surface area contributed by atoms with Gasteiger partial charge in [0.2, 0.25) is 0 Å². The summed E-state index contributed by atoms with van der Waals surface area (Å²) >= 11 is 0. The molecule has 2 rings (SSSR count). The minimum atomic E-state index is 0.387. The van der Waals surface area contributed by atoms with Crippen molar-refractivity contribution in [3.8, 4) is 5.75 Å². The Hall–Kier alpha value is -1.06. The maximum Gasteiger partial charge on any atom is 0.119 e. The number of ether oxygens (including phenoxy) is 2. The van der Waals surface area contributed by atoms with Gasteiger partial charge in [-0.25, -0.2) is 0 Å². The van der Waals surface area contributed by atoms with Crippen LogP contribution in [0.5, 0.6) is 5.75 Å². The van der Waals surface area contributed by atoms with Gasteiger partial charge in [-0.15, -0.1) is 0 Å². The smallest absolute Gasteiger partial charge is 0.119 e. The van der Waals surface area contributed by atoms with Gasteiger partial charge in [0.25, 0.3) is 0 Å². The first-order chi connectivity index (χ1) is 9.79. The van der Waals surface area contributed by atoms with Crippen molar-refractivity contribution in [3.05, 3.63) is 29.8 Å². The van der Waals surface area contributed by atoms with E-state index in [1.54, 1.807) is 0 Å². The van der Waals surface area contributed by atoms with Gasteiger partial charge in [0.1, 0.15) is 5.75 Å². The topological polar surface area (TPSA) is 30.5 Å². The van der Waals surface area contributed by atoms with Gasteiger partial charge in [0.15, 0.2) is 0 Å². The van der Waals surface area contributed by atoms with Gasteiger partial charge in [-0.3, -0.25) is 0 Å². The van der Waals surface area contributed by atoms with Gasteiger partial charge < -0.3 is 14.8 Å². The number of rotatable bonds is 8. The van der Waals surface area contributed by atoms with E-state index < -0.39 is 0 Å². The maximum atomic E-state index is 5.60. The summed E-state index contributed by atoms with van der Waals surface area (Å²) in [5.74, 6) is 1.71. The predicted molar refractivity (Wildman–Crippen MR) is 82.2 cm³/mol. The van der Waals surface area contributed by atoms with E-state index in [4.69, 9.17) is 9.47 Å². The molecule has 1 aliphatic rings. The zero-order valence-electron chi connectivity index (χ0n) is 12.7. The van der Waals surface area contributed by atoms with E-state index in [1.807, 2.05) is 0 Å². The van der Waals surface area contributed by atoms with Crippen LogP contribution in [-0.4, -0.2) is 26.4 Å². The molecule has 1 saturated heterocycles. The lowest BCUT2D eigenvalue weighted by molar-refractivity contribution is 0.184. The van der Waals surface area contributed by atoms with E-state index in [0.717, 1.165) is 44.5 Å². The summed E-state index contributed by atoms with van der Waals surface area (Å²) < 4.78 is 11.0. The van der Waals surface area contributed by atoms with Crippen LogP contribution in [0, 0.1) is 5.92 Å². The lowest BCUT2D eigenvalue weighted by Crippen LogP contribution is -2.22. The molecule has 0 amide bonds. The van der Waals surface area contributed by atoms with E-state index in [9.17, 15) is 0 Å². The molecule has 1 heterocycles. The molecule has 0 spiro atoms. The van der Waals surface area contributed by atoms with Crippen LogP contribution in [0.15, 0.2) is 24.3 Å². The molecule has 3 nitrogen and oxygen atoms in total. The second kappa shape index (κ2) is 8.28. The van der Waals surface area contributed by atoms with Crippen molar-refractivity contribution in [2.24, 2.45) is 5.92 Å². The summed E-state index contributed by atoms with van der Waals surface area (Å²) in [5, 5.41) is 3.59. The Morgan fingerprint density at radius 3 is 2.80 bits per heavy atom. The number of nitrogens with one attached hydrogen (secondary N) is 1. The second-order valence-corrected chi connectivity index (χ2v) is 5.61. The molecule has 1 aromatic carbocycles. The fraction of sp³-hybridized carbons (Fsp3) is 0.647. The van der Waals surface area contributed by atoms with Crippen molar-refractivity contribution >= 4 is 0 Å². The van der Waals surface area contributed by atoms with Crippen molar-refractivity contribution in [2.75, 3.05) is 26.4 Å². The van der Waals surface area contributed by atoms with Crippen LogP contribution in [0.4, 0.5) is 0 Å². The highest BCUT2D eigenvalue weighted by atomic mass is 16.5. The fourth-order valence-electron chi connectivity index (χ4n) is 2.51. The summed E-state index contributed by atoms with van der Waals surface area (Å²) in [4.78, 5) is 0. The van der Waals surface area contributed by atoms with Crippen molar-refractivity contribution in [3.63, 3.8) is 0 Å². The first-order valence-corrected chi connectivity index (χ1v) is 7.83. The predicted octanol–water partition coefficient (Wildman–Crippen LogP) is 3.55. The van der Waals surface area contributed by atoms with E-state index >= 15 is 0 Å². The number of hydrogen-bond acceptors (Lipinski definition) is 3. The van der Waals surface area contributed by atoms with Gasteiger partial charge in [-0.2, -0.15) is 0 Å². The fourth-order valence-corrected chi connectivity index (χ4v) is 2.51. The van der Waals surface area contributed by atoms with Crippen LogP contribution in [0.1, 0.15) is 44.7 Å². The molecule has 0 aliphatic carbocycles. The van der Waals surface area contributed by atoms with Crippen LogP contribution >= 0.6 is 0 Å². The highest BCUT2D eigenvalue weighted by molar-refractivity contribution is 5.28. The molecule has 1 aliphatic heterocycles. The van der Waals surface area contributed by atoms with Crippen LogP contribution in [0.3, 0.4) is 0 Å². The normalized spacial score (nSPS) is 20.0. The highest BCUT2D eigenvalue weighted by Gasteiger charge is 2.15. The van der Waals surface area contributed by atoms with Gasteiger partial charge in [0.05, 0.1) is 6.61 Å². The largest absolute Gasteiger partial charge is 0.494 e. The third kappa shape index (κ3) is 4.80. The first kappa shape index (κ1) is 15.3. The van der Waals surface area contributed by atoms with Gasteiger partial charge in [-0.1, -0.05) is 19.1 Å². The molecule has 0 bridgehead atoms. The number of benzene rings is 1. The van der Waals surface area contributed by atoms with Crippen LogP contribution in [-0.2, 0) is 4.74 Å². The third-order valence-corrected chi connectivity index (χ3v) is 3.88. The standard InChI is InChI=1S/C17H27NO2/c1-3-11-20-17-6-4-16(5-7-17)14(2)18-10-8-15-9-12-19-13-15/h4-7,14-15,18H,3,8-13H2,1-2H3. The molecule has 112 valence electrons. The Labute approximate surface area is 122 Å². The molecule has 2 unspecified atom stereocenters. The zero-order chi connectivity index (χ0) is 14.2. The number of hydrogen-bond donors (Lipinski definition) is 1. The SMILES string of the molecule is CCCOc1ccc(C(C)NCCC2CCOC2)cc1. The molecule has 20 heavy (non-hydrogen) atoms. The summed E-state index contributed by atoms with van der Waals surface area (Å²) in [7, 11) is 0. The molecule has 0 radical (unpaired) electrons. The zero-order valence-corrected chi connectivity index (χ0v) is 12.7. The van der Waals surface area contributed by atoms with Crippen molar-refractivity contribution in [1.29, 1.82) is 0 Å². The molecular formula is C17H27NO2. The lowest BCUT2D eigenvalue weighted by atomic mass is 10.0.